The Morgan fingerprint density at radius 1 is 1.00 bits per heavy atom. The van der Waals surface area contributed by atoms with E-state index < -0.39 is 5.97 Å². The molecule has 0 saturated heterocycles. The average molecular weight is 359 g/mol. The first kappa shape index (κ1) is 18.7. The number of rotatable bonds is 7. The number of oxime groups is 1. The number of carbonyl (C=O) groups is 2. The summed E-state index contributed by atoms with van der Waals surface area (Å²) in [5.74, 6) is -0.806. The van der Waals surface area contributed by atoms with E-state index in [1.165, 1.54) is 18.7 Å². The number of benzene rings is 2. The molecule has 2 aromatic rings. The molecule has 0 atom stereocenters. The lowest BCUT2D eigenvalue weighted by atomic mass is 10.1. The van der Waals surface area contributed by atoms with Crippen LogP contribution in [0.4, 0.5) is 0 Å². The standard InChI is InChI=1S/C18H17NO5S/c1-12(19-23)17(21)13-2-6-15(7-3-13)25-16-8-4-14(5-9-16)18(22)24-11-10-20/h2-9,20,23H,10-11H2,1H3/b19-12+. The number of nitrogens with zero attached hydrogens (tertiary/aromatic N) is 1. The predicted molar refractivity (Wildman–Crippen MR) is 93.6 cm³/mol. The minimum absolute atomic E-state index is 0.0269. The summed E-state index contributed by atoms with van der Waals surface area (Å²) >= 11 is 1.48. The third-order valence-corrected chi connectivity index (χ3v) is 4.26. The Balaban J connectivity index is 2.02. The zero-order chi connectivity index (χ0) is 18.2. The summed E-state index contributed by atoms with van der Waals surface area (Å²) in [4.78, 5) is 25.4. The number of ether oxygens (including phenoxy) is 1. The van der Waals surface area contributed by atoms with E-state index in [0.29, 0.717) is 11.1 Å². The van der Waals surface area contributed by atoms with Crippen LogP contribution < -0.4 is 0 Å². The van der Waals surface area contributed by atoms with Crippen LogP contribution >= 0.6 is 11.8 Å². The molecule has 0 fully saturated rings. The highest BCUT2D eigenvalue weighted by Crippen LogP contribution is 2.28. The molecule has 6 nitrogen and oxygen atoms in total. The van der Waals surface area contributed by atoms with E-state index in [4.69, 9.17) is 15.1 Å². The van der Waals surface area contributed by atoms with Crippen LogP contribution in [0.2, 0.25) is 0 Å². The fourth-order valence-corrected chi connectivity index (χ4v) is 2.76. The number of hydrogen-bond acceptors (Lipinski definition) is 7. The van der Waals surface area contributed by atoms with Crippen molar-refractivity contribution in [3.8, 4) is 0 Å². The first-order valence-electron chi connectivity index (χ1n) is 7.44. The van der Waals surface area contributed by atoms with Crippen molar-refractivity contribution in [2.24, 2.45) is 5.16 Å². The predicted octanol–water partition coefficient (Wildman–Crippen LogP) is 3.02. The first-order valence-corrected chi connectivity index (χ1v) is 8.26. The summed E-state index contributed by atoms with van der Waals surface area (Å²) in [7, 11) is 0. The molecule has 7 heteroatoms. The number of hydrogen-bond donors (Lipinski definition) is 2. The molecule has 0 aliphatic heterocycles. The number of esters is 1. The number of aliphatic hydroxyl groups is 1. The maximum atomic E-state index is 11.9. The molecule has 0 aromatic heterocycles. The van der Waals surface area contributed by atoms with E-state index >= 15 is 0 Å². The highest BCUT2D eigenvalue weighted by atomic mass is 32.2. The Kier molecular flexibility index (Phi) is 6.73. The van der Waals surface area contributed by atoms with Gasteiger partial charge in [0.1, 0.15) is 12.3 Å². The summed E-state index contributed by atoms with van der Waals surface area (Å²) < 4.78 is 4.84. The van der Waals surface area contributed by atoms with Gasteiger partial charge < -0.3 is 15.1 Å². The van der Waals surface area contributed by atoms with E-state index in [1.54, 1.807) is 48.5 Å². The Morgan fingerprint density at radius 2 is 1.52 bits per heavy atom. The molecular weight excluding hydrogens is 342 g/mol. The van der Waals surface area contributed by atoms with Crippen molar-refractivity contribution in [1.82, 2.24) is 0 Å². The van der Waals surface area contributed by atoms with Crippen LogP contribution in [-0.4, -0.2) is 41.0 Å². The van der Waals surface area contributed by atoms with E-state index in [2.05, 4.69) is 5.16 Å². The lowest BCUT2D eigenvalue weighted by molar-refractivity contribution is 0.0433. The van der Waals surface area contributed by atoms with Crippen molar-refractivity contribution >= 4 is 29.2 Å². The second-order valence-corrected chi connectivity index (χ2v) is 6.17. The normalized spacial score (nSPS) is 11.2. The third-order valence-electron chi connectivity index (χ3n) is 3.25. The maximum Gasteiger partial charge on any atom is 0.338 e. The number of Topliss-reactive ketones (excluding diaryl/α,β-unsaturated/α-hetero) is 1. The molecule has 0 aliphatic carbocycles. The van der Waals surface area contributed by atoms with Gasteiger partial charge in [-0.2, -0.15) is 0 Å². The van der Waals surface area contributed by atoms with Crippen LogP contribution in [0.25, 0.3) is 0 Å². The van der Waals surface area contributed by atoms with E-state index in [9.17, 15) is 9.59 Å². The Morgan fingerprint density at radius 3 is 2.00 bits per heavy atom. The molecule has 0 bridgehead atoms. The van der Waals surface area contributed by atoms with Gasteiger partial charge in [0.05, 0.1) is 12.2 Å². The molecule has 0 heterocycles. The number of aliphatic hydroxyl groups excluding tert-OH is 1. The number of carbonyl (C=O) groups excluding carboxylic acids is 2. The van der Waals surface area contributed by atoms with Gasteiger partial charge >= 0.3 is 5.97 Å². The Hall–Kier alpha value is -2.64. The van der Waals surface area contributed by atoms with Gasteiger partial charge in [-0.15, -0.1) is 0 Å². The van der Waals surface area contributed by atoms with Crippen LogP contribution in [0, 0.1) is 0 Å². The molecule has 2 N–H and O–H groups in total. The molecule has 2 aromatic carbocycles. The SMILES string of the molecule is C/C(=N\O)C(=O)c1ccc(Sc2ccc(C(=O)OCCO)cc2)cc1. The molecule has 0 aliphatic rings. The highest BCUT2D eigenvalue weighted by Gasteiger charge is 2.10. The Labute approximate surface area is 149 Å². The smallest absolute Gasteiger partial charge is 0.338 e. The summed E-state index contributed by atoms with van der Waals surface area (Å²) in [6, 6.07) is 13.8. The van der Waals surface area contributed by atoms with E-state index in [1.807, 2.05) is 0 Å². The van der Waals surface area contributed by atoms with Gasteiger partial charge in [0, 0.05) is 15.4 Å². The van der Waals surface area contributed by atoms with Gasteiger partial charge in [0.15, 0.2) is 0 Å². The summed E-state index contributed by atoms with van der Waals surface area (Å²) in [6.45, 7) is 1.21. The lowest BCUT2D eigenvalue weighted by Gasteiger charge is -2.05. The molecule has 25 heavy (non-hydrogen) atoms. The zero-order valence-electron chi connectivity index (χ0n) is 13.5. The molecule has 2 rings (SSSR count). The van der Waals surface area contributed by atoms with Crippen molar-refractivity contribution in [2.45, 2.75) is 16.7 Å². The van der Waals surface area contributed by atoms with Crippen molar-refractivity contribution in [2.75, 3.05) is 13.2 Å². The molecule has 0 unspecified atom stereocenters. The third kappa shape index (κ3) is 5.17. The van der Waals surface area contributed by atoms with E-state index in [0.717, 1.165) is 9.79 Å². The van der Waals surface area contributed by atoms with Crippen molar-refractivity contribution < 1.29 is 24.6 Å². The summed E-state index contributed by atoms with van der Waals surface area (Å²) in [5, 5.41) is 20.2. The Bertz CT molecular complexity index is 769. The van der Waals surface area contributed by atoms with Crippen molar-refractivity contribution in [1.29, 1.82) is 0 Å². The molecule has 0 spiro atoms. The van der Waals surface area contributed by atoms with Crippen molar-refractivity contribution in [3.63, 3.8) is 0 Å². The van der Waals surface area contributed by atoms with Crippen LogP contribution in [0.3, 0.4) is 0 Å². The monoisotopic (exact) mass is 359 g/mol. The second-order valence-electron chi connectivity index (χ2n) is 5.02. The molecule has 0 radical (unpaired) electrons. The first-order chi connectivity index (χ1) is 12.0. The van der Waals surface area contributed by atoms with Gasteiger partial charge in [-0.25, -0.2) is 4.79 Å². The molecular formula is C18H17NO5S. The fourth-order valence-electron chi connectivity index (χ4n) is 1.95. The highest BCUT2D eigenvalue weighted by molar-refractivity contribution is 7.99. The van der Waals surface area contributed by atoms with Crippen molar-refractivity contribution in [3.05, 3.63) is 59.7 Å². The topological polar surface area (TPSA) is 96.2 Å². The minimum Gasteiger partial charge on any atom is -0.460 e. The van der Waals surface area contributed by atoms with Gasteiger partial charge in [-0.3, -0.25) is 4.79 Å². The molecule has 0 amide bonds. The quantitative estimate of drug-likeness (QED) is 0.259. The van der Waals surface area contributed by atoms with Crippen LogP contribution in [0.1, 0.15) is 27.6 Å². The van der Waals surface area contributed by atoms with Crippen LogP contribution in [0.15, 0.2) is 63.5 Å². The van der Waals surface area contributed by atoms with E-state index in [-0.39, 0.29) is 24.7 Å². The van der Waals surface area contributed by atoms with Crippen LogP contribution in [-0.2, 0) is 4.74 Å². The molecule has 130 valence electrons. The fraction of sp³-hybridized carbons (Fsp3) is 0.167. The number of ketones is 1. The van der Waals surface area contributed by atoms with Gasteiger partial charge in [-0.05, 0) is 55.5 Å². The lowest BCUT2D eigenvalue weighted by Crippen LogP contribution is -2.10. The van der Waals surface area contributed by atoms with Crippen LogP contribution in [0.5, 0.6) is 0 Å². The molecule has 0 saturated carbocycles. The zero-order valence-corrected chi connectivity index (χ0v) is 14.3. The second kappa shape index (κ2) is 9.00. The van der Waals surface area contributed by atoms with Gasteiger partial charge in [-0.1, -0.05) is 16.9 Å². The maximum absolute atomic E-state index is 11.9. The van der Waals surface area contributed by atoms with Gasteiger partial charge in [0.25, 0.3) is 0 Å². The minimum atomic E-state index is -0.477. The summed E-state index contributed by atoms with van der Waals surface area (Å²) in [6.07, 6.45) is 0. The largest absolute Gasteiger partial charge is 0.460 e. The summed E-state index contributed by atoms with van der Waals surface area (Å²) in [5.41, 5.74) is 0.892. The van der Waals surface area contributed by atoms with Gasteiger partial charge in [0.2, 0.25) is 5.78 Å². The average Bonchev–Trinajstić information content (AvgIpc) is 2.66.